The first kappa shape index (κ1) is 76.5. The van der Waals surface area contributed by atoms with Gasteiger partial charge in [-0.25, -0.2) is 33.7 Å². The molecule has 1 heterocycles. The third-order valence-electron chi connectivity index (χ3n) is 9.42. The summed E-state index contributed by atoms with van der Waals surface area (Å²) in [6.45, 7) is 1.06. The molecule has 6 rings (SSSR count). The summed E-state index contributed by atoms with van der Waals surface area (Å²) in [5.41, 5.74) is -0.752. The van der Waals surface area contributed by atoms with E-state index in [1.807, 2.05) is 0 Å². The Hall–Kier alpha value is -0.500. The number of phenols is 1. The number of anilines is 6. The number of rotatable bonds is 28. The number of benzene rings is 5. The average molecular weight is 1280 g/mol. The SMILES string of the molecule is CCN(c1cccc(S(=O)(=O)CCOSOO[O-])c1)c1nc(Nc2ccc(S(=O)(=O)CCOSOO[O-])cc2)nc(Nc2ccc3cc(SOO[O-])c(N=Nc4cc(S(=O)(=O)[O-])ccc4S(=O)(=O)[O-])c(O)c3c2)n1.[Na+].[Na+].[Na+].[Na+].[Na+]. The monoisotopic (exact) mass is 1280 g/mol. The number of phenolic OH excluding ortho intramolecular Hbond substituents is 1. The molecule has 30 nitrogen and oxygen atoms in total. The second-order valence-electron chi connectivity index (χ2n) is 14.0. The van der Waals surface area contributed by atoms with Crippen LogP contribution in [0.25, 0.3) is 10.8 Å². The molecule has 3 N–H and O–H groups in total. The molecule has 42 heteroatoms. The molecule has 0 saturated carbocycles. The predicted molar refractivity (Wildman–Crippen MR) is 248 cm³/mol. The second kappa shape index (κ2) is 35.8. The van der Waals surface area contributed by atoms with Crippen molar-refractivity contribution >= 4 is 134 Å². The van der Waals surface area contributed by atoms with Crippen molar-refractivity contribution in [3.05, 3.63) is 91.0 Å². The van der Waals surface area contributed by atoms with E-state index in [2.05, 4.69) is 63.9 Å². The molecule has 0 amide bonds. The van der Waals surface area contributed by atoms with E-state index >= 15 is 0 Å². The van der Waals surface area contributed by atoms with Gasteiger partial charge in [-0.1, -0.05) is 12.1 Å². The molecule has 0 aliphatic rings. The Morgan fingerprint density at radius 3 is 1.73 bits per heavy atom. The Morgan fingerprint density at radius 2 is 1.18 bits per heavy atom. The molecule has 398 valence electrons. The van der Waals surface area contributed by atoms with Gasteiger partial charge in [-0.05, 0) is 91.2 Å². The van der Waals surface area contributed by atoms with Crippen molar-refractivity contribution in [2.24, 2.45) is 10.2 Å². The summed E-state index contributed by atoms with van der Waals surface area (Å²) in [7, 11) is -18.5. The maximum atomic E-state index is 13.3. The van der Waals surface area contributed by atoms with Gasteiger partial charge in [0.05, 0.1) is 61.2 Å². The van der Waals surface area contributed by atoms with E-state index in [1.165, 1.54) is 71.6 Å². The molecule has 0 bridgehead atoms. The van der Waals surface area contributed by atoms with E-state index in [9.17, 15) is 63.7 Å². The van der Waals surface area contributed by atoms with Gasteiger partial charge in [-0.15, -0.1) is 18.9 Å². The van der Waals surface area contributed by atoms with Crippen LogP contribution in [-0.2, 0) is 76.4 Å². The second-order valence-corrected chi connectivity index (χ2v) is 22.7. The van der Waals surface area contributed by atoms with Crippen LogP contribution in [-0.4, -0.2) is 94.1 Å². The summed E-state index contributed by atoms with van der Waals surface area (Å²) in [6.07, 6.45) is 0. The number of aromatic hydroxyl groups is 1. The van der Waals surface area contributed by atoms with Crippen LogP contribution < -0.4 is 179 Å². The summed E-state index contributed by atoms with van der Waals surface area (Å²) < 4.78 is 146. The van der Waals surface area contributed by atoms with Gasteiger partial charge in [0, 0.05) is 29.0 Å². The molecule has 0 aliphatic heterocycles. The third-order valence-corrected chi connectivity index (χ3v) is 15.9. The van der Waals surface area contributed by atoms with Crippen molar-refractivity contribution in [3.63, 3.8) is 0 Å². The van der Waals surface area contributed by atoms with Crippen LogP contribution in [0.15, 0.2) is 126 Å². The standard InChI is InChI=1S/C37H36N8O22S7.5Na/c1-2-45(25-4-3-5-27(20-25)72(52,53)17-15-61-70-67-64-49)37-41-35(38-23-8-10-26(11-9-23)71(50,51)16-14-60-69-66-63-48)40-36(42-37)39-24-7-6-22-18-31(68-65-62-47)33(34(46)29(22)19-24)44-43-30-21-28(73(54,55)56)12-13-32(30)74(57,58)59;;;;;/h3-13,18-21,46-49H,2,14-17H2,1H3,(H,54,55,56)(H,57,58,59)(H2,38,39,40,41,42);;;;;/q;5*+1/p-5. The average Bonchev–Trinajstić information content (AvgIpc) is 3.35. The van der Waals surface area contributed by atoms with Crippen molar-refractivity contribution in [1.82, 2.24) is 15.0 Å². The van der Waals surface area contributed by atoms with Gasteiger partial charge in [-0.3, -0.25) is 23.5 Å². The van der Waals surface area contributed by atoms with Crippen LogP contribution in [0.2, 0.25) is 0 Å². The number of nitrogens with zero attached hydrogens (tertiary/aromatic N) is 6. The Balaban J connectivity index is 0.00000624. The van der Waals surface area contributed by atoms with Gasteiger partial charge in [-0.2, -0.15) is 19.3 Å². The first-order valence-electron chi connectivity index (χ1n) is 19.8. The van der Waals surface area contributed by atoms with Gasteiger partial charge < -0.3 is 45.5 Å². The number of nitrogens with one attached hydrogen (secondary N) is 2. The summed E-state index contributed by atoms with van der Waals surface area (Å²) in [5.74, 6) is -2.17. The zero-order chi connectivity index (χ0) is 53.7. The zero-order valence-corrected chi connectivity index (χ0v) is 57.5. The molecule has 1 aromatic heterocycles. The van der Waals surface area contributed by atoms with Crippen LogP contribution >= 0.6 is 36.7 Å². The predicted octanol–water partition coefficient (Wildman–Crippen LogP) is -12.0. The zero-order valence-electron chi connectivity index (χ0n) is 41.8. The summed E-state index contributed by atoms with van der Waals surface area (Å²) in [5, 5.41) is 65.7. The van der Waals surface area contributed by atoms with E-state index in [-0.39, 0.29) is 258 Å². The smallest absolute Gasteiger partial charge is 0.744 e. The fourth-order valence-electron chi connectivity index (χ4n) is 6.21. The maximum absolute atomic E-state index is 13.3. The first-order valence-corrected chi connectivity index (χ1v) is 28.0. The Morgan fingerprint density at radius 1 is 0.620 bits per heavy atom. The molecule has 0 saturated heterocycles. The third kappa shape index (κ3) is 22.4. The molecule has 0 aliphatic carbocycles. The maximum Gasteiger partial charge on any atom is 1.00 e. The van der Waals surface area contributed by atoms with Crippen LogP contribution in [0.4, 0.5) is 46.3 Å². The number of sulfone groups is 2. The van der Waals surface area contributed by atoms with Crippen molar-refractivity contribution < 1.29 is 248 Å². The van der Waals surface area contributed by atoms with Crippen molar-refractivity contribution in [1.29, 1.82) is 0 Å². The number of hydrogen-bond donors (Lipinski definition) is 3. The van der Waals surface area contributed by atoms with E-state index in [4.69, 9.17) is 8.37 Å². The van der Waals surface area contributed by atoms with Gasteiger partial charge in [0.1, 0.15) is 31.6 Å². The van der Waals surface area contributed by atoms with Gasteiger partial charge in [0.25, 0.3) is 0 Å². The fourth-order valence-corrected chi connectivity index (χ4v) is 10.6. The van der Waals surface area contributed by atoms with Crippen molar-refractivity contribution in [3.8, 4) is 5.75 Å². The molecule has 0 spiro atoms. The molecule has 5 aromatic carbocycles. The van der Waals surface area contributed by atoms with E-state index in [0.29, 0.717) is 18.2 Å². The molecule has 0 fully saturated rings. The number of aromatic nitrogens is 3. The number of hydrogen-bond acceptors (Lipinski definition) is 33. The van der Waals surface area contributed by atoms with E-state index in [1.54, 1.807) is 13.0 Å². The van der Waals surface area contributed by atoms with Gasteiger partial charge in [0.15, 0.2) is 50.1 Å². The van der Waals surface area contributed by atoms with Crippen molar-refractivity contribution in [2.45, 2.75) is 31.4 Å². The number of azo groups is 1. The molecular weight excluding hydrogens is 1250 g/mol. The Kier molecular flexibility index (Phi) is 34.7. The van der Waals surface area contributed by atoms with E-state index in [0.717, 1.165) is 0 Å². The Labute approximate surface area is 573 Å². The summed E-state index contributed by atoms with van der Waals surface area (Å²) in [6, 6.07) is 18.2. The minimum atomic E-state index is -5.35. The van der Waals surface area contributed by atoms with Crippen molar-refractivity contribution in [2.75, 3.05) is 46.8 Å². The van der Waals surface area contributed by atoms with Gasteiger partial charge in [0.2, 0.25) is 17.8 Å². The topological polar surface area (TPSA) is 437 Å². The minimum Gasteiger partial charge on any atom is -0.744 e. The van der Waals surface area contributed by atoms with E-state index < -0.39 is 84.9 Å². The van der Waals surface area contributed by atoms with Crippen LogP contribution in [0.1, 0.15) is 6.92 Å². The molecule has 0 unspecified atom stereocenters. The van der Waals surface area contributed by atoms with Crippen LogP contribution in [0, 0.1) is 0 Å². The minimum absolute atomic E-state index is 0. The van der Waals surface area contributed by atoms with Gasteiger partial charge >= 0.3 is 148 Å². The van der Waals surface area contributed by atoms with Crippen LogP contribution in [0.3, 0.4) is 0 Å². The molecule has 6 aromatic rings. The Bertz CT molecular complexity index is 3470. The first-order chi connectivity index (χ1) is 35.2. The molecule has 0 radical (unpaired) electrons. The summed E-state index contributed by atoms with van der Waals surface area (Å²) in [4.78, 5) is 12.6. The van der Waals surface area contributed by atoms with Crippen LogP contribution in [0.5, 0.6) is 5.75 Å². The normalized spacial score (nSPS) is 11.6. The summed E-state index contributed by atoms with van der Waals surface area (Å²) >= 11 is 0.502. The quantitative estimate of drug-likeness (QED) is 0.00781. The largest absolute Gasteiger partial charge is 1.00 e. The molecular formula is C37H31N8Na5O22S7. The fraction of sp³-hybridized carbons (Fsp3) is 0.162. The molecule has 0 atom stereocenters. The molecule has 79 heavy (non-hydrogen) atoms. The number of fused-ring (bicyclic) bond motifs is 1.